The first kappa shape index (κ1) is 19.2. The van der Waals surface area contributed by atoms with Gasteiger partial charge in [-0.1, -0.05) is 48.5 Å². The van der Waals surface area contributed by atoms with Crippen molar-refractivity contribution in [2.24, 2.45) is 0 Å². The van der Waals surface area contributed by atoms with Crippen LogP contribution in [-0.2, 0) is 10.2 Å². The molecule has 5 nitrogen and oxygen atoms in total. The summed E-state index contributed by atoms with van der Waals surface area (Å²) in [5.41, 5.74) is 0.711. The van der Waals surface area contributed by atoms with Crippen LogP contribution in [0.25, 0.3) is 0 Å². The molecule has 1 N–H and O–H groups in total. The topological polar surface area (TPSA) is 72.8 Å². The molecule has 0 aliphatic heterocycles. The van der Waals surface area contributed by atoms with Crippen molar-refractivity contribution in [1.82, 2.24) is 0 Å². The minimum Gasteiger partial charge on any atom is -0.497 e. The van der Waals surface area contributed by atoms with Crippen molar-refractivity contribution >= 4 is 12.3 Å². The highest BCUT2D eigenvalue weighted by Gasteiger charge is 2.44. The van der Waals surface area contributed by atoms with Crippen LogP contribution in [0.4, 0.5) is 0 Å². The average molecular weight is 376 g/mol. The lowest BCUT2D eigenvalue weighted by atomic mass is 9.69. The predicted molar refractivity (Wildman–Crippen MR) is 105 cm³/mol. The van der Waals surface area contributed by atoms with Crippen molar-refractivity contribution < 1.29 is 24.2 Å². The Hall–Kier alpha value is -3.60. The summed E-state index contributed by atoms with van der Waals surface area (Å²) >= 11 is 0. The maximum atomic E-state index is 12.8. The summed E-state index contributed by atoms with van der Waals surface area (Å²) in [6, 6.07) is 20.5. The van der Waals surface area contributed by atoms with Crippen molar-refractivity contribution in [2.75, 3.05) is 14.2 Å². The lowest BCUT2D eigenvalue weighted by molar-refractivity contribution is -0.140. The minimum absolute atomic E-state index is 0.479. The molecule has 3 aromatic carbocycles. The van der Waals surface area contributed by atoms with E-state index in [2.05, 4.69) is 0 Å². The van der Waals surface area contributed by atoms with Crippen LogP contribution in [0, 0.1) is 0 Å². The van der Waals surface area contributed by atoms with E-state index < -0.39 is 11.4 Å². The van der Waals surface area contributed by atoms with Crippen molar-refractivity contribution in [1.29, 1.82) is 0 Å². The Bertz CT molecular complexity index is 910. The second-order valence-corrected chi connectivity index (χ2v) is 6.25. The third kappa shape index (κ3) is 3.22. The smallest absolute Gasteiger partial charge is 0.323 e. The number of carbonyl (C=O) groups excluding carboxylic acids is 1. The molecular formula is C23H20O5. The summed E-state index contributed by atoms with van der Waals surface area (Å²) in [7, 11) is 3.11. The number of benzene rings is 3. The van der Waals surface area contributed by atoms with E-state index in [1.54, 1.807) is 87.0 Å². The minimum atomic E-state index is -1.46. The molecule has 0 aliphatic carbocycles. The number of aldehydes is 1. The molecule has 0 spiro atoms. The summed E-state index contributed by atoms with van der Waals surface area (Å²) in [5.74, 6) is 0.241. The molecule has 0 bridgehead atoms. The summed E-state index contributed by atoms with van der Waals surface area (Å²) in [4.78, 5) is 23.8. The zero-order chi connectivity index (χ0) is 20.1. The Kier molecular flexibility index (Phi) is 5.45. The van der Waals surface area contributed by atoms with Crippen molar-refractivity contribution in [3.05, 3.63) is 95.1 Å². The number of rotatable bonds is 7. The van der Waals surface area contributed by atoms with Crippen LogP contribution in [0.3, 0.4) is 0 Å². The standard InChI is InChI=1S/C23H20O5/c1-27-20-11-7-18(8-12-20)23(22(25)26,17-5-3-16(15-24)4-6-17)19-9-13-21(28-2)14-10-19/h3-15H,1-2H3,(H,25,26). The molecule has 0 aromatic heterocycles. The van der Waals surface area contributed by atoms with Gasteiger partial charge in [-0.05, 0) is 41.0 Å². The molecule has 0 radical (unpaired) electrons. The largest absolute Gasteiger partial charge is 0.497 e. The molecule has 28 heavy (non-hydrogen) atoms. The van der Waals surface area contributed by atoms with Crippen LogP contribution in [0.1, 0.15) is 27.0 Å². The Morgan fingerprint density at radius 3 is 1.39 bits per heavy atom. The first-order valence-corrected chi connectivity index (χ1v) is 8.64. The van der Waals surface area contributed by atoms with Gasteiger partial charge in [-0.25, -0.2) is 0 Å². The lowest BCUT2D eigenvalue weighted by Crippen LogP contribution is -2.38. The number of aliphatic carboxylic acids is 1. The second kappa shape index (κ2) is 7.96. The third-order valence-electron chi connectivity index (χ3n) is 4.85. The highest BCUT2D eigenvalue weighted by molar-refractivity contribution is 5.91. The third-order valence-corrected chi connectivity index (χ3v) is 4.85. The van der Waals surface area contributed by atoms with Gasteiger partial charge in [0, 0.05) is 5.56 Å². The summed E-state index contributed by atoms with van der Waals surface area (Å²) in [6.07, 6.45) is 0.729. The molecule has 0 heterocycles. The second-order valence-electron chi connectivity index (χ2n) is 6.25. The normalized spacial score (nSPS) is 10.9. The van der Waals surface area contributed by atoms with Gasteiger partial charge in [-0.3, -0.25) is 9.59 Å². The molecule has 0 unspecified atom stereocenters. The van der Waals surface area contributed by atoms with Gasteiger partial charge < -0.3 is 14.6 Å². The molecule has 0 saturated heterocycles. The fourth-order valence-corrected chi connectivity index (χ4v) is 3.36. The molecule has 3 aromatic rings. The number of carboxylic acid groups (broad SMARTS) is 1. The maximum Gasteiger partial charge on any atom is 0.323 e. The highest BCUT2D eigenvalue weighted by atomic mass is 16.5. The molecule has 0 amide bonds. The van der Waals surface area contributed by atoms with Gasteiger partial charge in [-0.2, -0.15) is 0 Å². The summed E-state index contributed by atoms with van der Waals surface area (Å²) in [6.45, 7) is 0. The molecule has 0 saturated carbocycles. The molecule has 0 atom stereocenters. The van der Waals surface area contributed by atoms with E-state index in [1.807, 2.05) is 0 Å². The highest BCUT2D eigenvalue weighted by Crippen LogP contribution is 2.40. The van der Waals surface area contributed by atoms with Gasteiger partial charge in [0.15, 0.2) is 0 Å². The van der Waals surface area contributed by atoms with Gasteiger partial charge >= 0.3 is 5.97 Å². The molecule has 0 aliphatic rings. The van der Waals surface area contributed by atoms with Gasteiger partial charge in [0.25, 0.3) is 0 Å². The number of methoxy groups -OCH3 is 2. The zero-order valence-electron chi connectivity index (χ0n) is 15.6. The maximum absolute atomic E-state index is 12.8. The van der Waals surface area contributed by atoms with E-state index in [-0.39, 0.29) is 0 Å². The fourth-order valence-electron chi connectivity index (χ4n) is 3.36. The average Bonchev–Trinajstić information content (AvgIpc) is 2.75. The van der Waals surface area contributed by atoms with E-state index in [0.29, 0.717) is 33.8 Å². The van der Waals surface area contributed by atoms with Crippen LogP contribution in [0.2, 0.25) is 0 Å². The first-order valence-electron chi connectivity index (χ1n) is 8.64. The van der Waals surface area contributed by atoms with Crippen LogP contribution in [0.5, 0.6) is 11.5 Å². The van der Waals surface area contributed by atoms with Crippen LogP contribution >= 0.6 is 0 Å². The number of hydrogen-bond donors (Lipinski definition) is 1. The SMILES string of the molecule is COc1ccc(C(C(=O)O)(c2ccc(C=O)cc2)c2ccc(OC)cc2)cc1. The Morgan fingerprint density at radius 1 is 0.750 bits per heavy atom. The molecule has 0 fully saturated rings. The number of hydrogen-bond acceptors (Lipinski definition) is 4. The van der Waals surface area contributed by atoms with E-state index in [4.69, 9.17) is 9.47 Å². The van der Waals surface area contributed by atoms with Gasteiger partial charge in [0.05, 0.1) is 14.2 Å². The van der Waals surface area contributed by atoms with Gasteiger partial charge in [0.2, 0.25) is 0 Å². The fraction of sp³-hybridized carbons (Fsp3) is 0.130. The van der Waals surface area contributed by atoms with Crippen molar-refractivity contribution in [3.63, 3.8) is 0 Å². The van der Waals surface area contributed by atoms with E-state index in [1.165, 1.54) is 0 Å². The van der Waals surface area contributed by atoms with Crippen LogP contribution in [0.15, 0.2) is 72.8 Å². The first-order chi connectivity index (χ1) is 13.6. The Labute approximate surface area is 163 Å². The lowest BCUT2D eigenvalue weighted by Gasteiger charge is -2.31. The molecular weight excluding hydrogens is 356 g/mol. The number of ether oxygens (including phenoxy) is 2. The number of carboxylic acids is 1. The molecule has 3 rings (SSSR count). The quantitative estimate of drug-likeness (QED) is 0.500. The van der Waals surface area contributed by atoms with E-state index >= 15 is 0 Å². The van der Waals surface area contributed by atoms with Crippen molar-refractivity contribution in [2.45, 2.75) is 5.41 Å². The van der Waals surface area contributed by atoms with Crippen molar-refractivity contribution in [3.8, 4) is 11.5 Å². The molecule has 5 heteroatoms. The van der Waals surface area contributed by atoms with E-state index in [9.17, 15) is 14.7 Å². The van der Waals surface area contributed by atoms with Crippen LogP contribution in [-0.4, -0.2) is 31.6 Å². The summed E-state index contributed by atoms with van der Waals surface area (Å²) in [5, 5.41) is 10.4. The summed E-state index contributed by atoms with van der Waals surface area (Å²) < 4.78 is 10.4. The number of carbonyl (C=O) groups is 2. The van der Waals surface area contributed by atoms with Gasteiger partial charge in [-0.15, -0.1) is 0 Å². The predicted octanol–water partition coefficient (Wildman–Crippen LogP) is 3.94. The molecule has 142 valence electrons. The van der Waals surface area contributed by atoms with Gasteiger partial charge in [0.1, 0.15) is 23.2 Å². The van der Waals surface area contributed by atoms with E-state index in [0.717, 1.165) is 6.29 Å². The Balaban J connectivity index is 2.30. The monoisotopic (exact) mass is 376 g/mol. The van der Waals surface area contributed by atoms with Crippen LogP contribution < -0.4 is 9.47 Å². The zero-order valence-corrected chi connectivity index (χ0v) is 15.6. The Morgan fingerprint density at radius 2 is 1.11 bits per heavy atom.